The largest absolute Gasteiger partial charge is 0.472 e. The maximum Gasteiger partial charge on any atom is 0.472 e. The molecule has 0 heterocycles. The highest BCUT2D eigenvalue weighted by atomic mass is 31.2. The molecule has 0 aromatic carbocycles. The summed E-state index contributed by atoms with van der Waals surface area (Å²) >= 11 is 0. The molecule has 108 heavy (non-hydrogen) atoms. The number of phosphoric acid groups is 2. The molecule has 0 saturated carbocycles. The van der Waals surface area contributed by atoms with E-state index < -0.39 is 97.5 Å². The lowest BCUT2D eigenvalue weighted by Gasteiger charge is -2.21. The zero-order valence-corrected chi connectivity index (χ0v) is 69.0. The molecule has 0 aliphatic heterocycles. The van der Waals surface area contributed by atoms with Crippen molar-refractivity contribution in [3.8, 4) is 0 Å². The minimum atomic E-state index is -5.01. The van der Waals surface area contributed by atoms with Crippen molar-refractivity contribution in [2.75, 3.05) is 39.6 Å². The summed E-state index contributed by atoms with van der Waals surface area (Å²) in [5.41, 5.74) is 0. The van der Waals surface area contributed by atoms with Crippen molar-refractivity contribution in [2.45, 2.75) is 329 Å². The van der Waals surface area contributed by atoms with Crippen LogP contribution in [0.2, 0.25) is 0 Å². The van der Waals surface area contributed by atoms with E-state index in [-0.39, 0.29) is 25.7 Å². The molecule has 17 nitrogen and oxygen atoms in total. The van der Waals surface area contributed by atoms with Crippen LogP contribution in [0.3, 0.4) is 0 Å². The number of esters is 4. The van der Waals surface area contributed by atoms with Crippen LogP contribution >= 0.6 is 15.6 Å². The number of allylic oxidation sites excluding steroid dienone is 28. The van der Waals surface area contributed by atoms with E-state index in [0.29, 0.717) is 32.1 Å². The van der Waals surface area contributed by atoms with Crippen molar-refractivity contribution < 1.29 is 80.2 Å². The van der Waals surface area contributed by atoms with Gasteiger partial charge in [0.1, 0.15) is 19.3 Å². The molecule has 0 radical (unpaired) electrons. The van der Waals surface area contributed by atoms with Gasteiger partial charge in [-0.05, 0) is 167 Å². The normalized spacial score (nSPS) is 14.7. The van der Waals surface area contributed by atoms with Crippen LogP contribution in [0.25, 0.3) is 0 Å². The summed E-state index contributed by atoms with van der Waals surface area (Å²) in [5.74, 6) is -2.33. The lowest BCUT2D eigenvalue weighted by atomic mass is 10.1. The smallest absolute Gasteiger partial charge is 0.462 e. The van der Waals surface area contributed by atoms with E-state index in [9.17, 15) is 43.2 Å². The molecular weight excluding hydrogens is 1400 g/mol. The van der Waals surface area contributed by atoms with Gasteiger partial charge in [-0.2, -0.15) is 0 Å². The summed E-state index contributed by atoms with van der Waals surface area (Å²) in [4.78, 5) is 73.1. The number of phosphoric ester groups is 2. The highest BCUT2D eigenvalue weighted by molar-refractivity contribution is 7.47. The Kier molecular flexibility index (Phi) is 75.4. The lowest BCUT2D eigenvalue weighted by molar-refractivity contribution is -0.161. The first-order valence-electron chi connectivity index (χ1n) is 41.4. The number of rotatable bonds is 76. The number of unbranched alkanes of at least 4 members (excludes halogenated alkanes) is 22. The predicted molar refractivity (Wildman–Crippen MR) is 445 cm³/mol. The number of carbonyl (C=O) groups excluding carboxylic acids is 4. The van der Waals surface area contributed by atoms with Crippen LogP contribution in [0.1, 0.15) is 310 Å². The zero-order chi connectivity index (χ0) is 78.9. The SMILES string of the molecule is CC/C=C\C/C=C\C/C=C\C/C=C\C/C=C\C/C=C\CCC(=O)OCC(COP(=O)(O)OCC(O)COP(=O)(O)OCC(COC(=O)CCCCCCC/C=C\C/C=C\C/C=C\CC)OC(=O)CCCCCCC/C=C\C/C=C\CCCCC)OC(=O)CCCCCCCC/C=C\C/C=C\C/C=C\CCCCC. The summed E-state index contributed by atoms with van der Waals surface area (Å²) in [6.45, 7) is 4.46. The molecule has 0 aliphatic carbocycles. The van der Waals surface area contributed by atoms with Gasteiger partial charge in [-0.25, -0.2) is 9.13 Å². The third-order valence-corrected chi connectivity index (χ3v) is 18.6. The van der Waals surface area contributed by atoms with Gasteiger partial charge in [-0.15, -0.1) is 0 Å². The first kappa shape index (κ1) is 102. The Balaban J connectivity index is 5.49. The Hall–Kier alpha value is -5.58. The molecule has 5 unspecified atom stereocenters. The van der Waals surface area contributed by atoms with E-state index in [4.69, 9.17) is 37.0 Å². The van der Waals surface area contributed by atoms with Gasteiger partial charge in [0.05, 0.1) is 26.4 Å². The Bertz CT molecular complexity index is 2710. The molecule has 5 atom stereocenters. The Labute approximate surface area is 654 Å². The standard InChI is InChI=1S/C89H146O17P2/c1-5-9-13-17-21-25-29-33-37-39-41-43-47-50-54-58-62-66-70-74-87(92)100-80-85(106-89(94)76-72-68-64-60-56-52-48-44-42-40-38-34-30-26-22-18-14-10-6-2)82-104-108(97,98)102-78-83(90)77-101-107(95,96)103-81-84(105-88(93)75-71-67-63-59-55-51-46-36-32-28-24-20-16-12-8-4)79-99-86(91)73-69-65-61-57-53-49-45-35-31-27-23-19-15-11-7-3/h9,11,13,15,21-28,33-38,41-46,50,54,62,66,83-85,90H,5-8,10,12,14,16-20,29-32,39-40,47-49,51-53,55-61,63-65,67-82H2,1-4H3,(H,95,96)(H,97,98)/b13-9-,15-11-,25-21-,26-22-,27-23-,28-24-,37-33-,38-34-,43-41-,44-42-,45-35-,46-36-,54-50-,66-62-. The number of hydrogen-bond acceptors (Lipinski definition) is 15. The molecular formula is C89H146O17P2. The second-order valence-corrected chi connectivity index (χ2v) is 29.8. The predicted octanol–water partition coefficient (Wildman–Crippen LogP) is 24.6. The topological polar surface area (TPSA) is 237 Å². The minimum Gasteiger partial charge on any atom is -0.462 e. The van der Waals surface area contributed by atoms with Gasteiger partial charge in [0.15, 0.2) is 12.2 Å². The van der Waals surface area contributed by atoms with Crippen LogP contribution in [0.5, 0.6) is 0 Å². The van der Waals surface area contributed by atoms with Gasteiger partial charge in [-0.1, -0.05) is 288 Å². The van der Waals surface area contributed by atoms with Gasteiger partial charge in [0.2, 0.25) is 0 Å². The molecule has 0 saturated heterocycles. The van der Waals surface area contributed by atoms with Gasteiger partial charge in [0.25, 0.3) is 0 Å². The van der Waals surface area contributed by atoms with E-state index in [1.165, 1.54) is 38.5 Å². The third-order valence-electron chi connectivity index (χ3n) is 16.7. The molecule has 0 fully saturated rings. The number of ether oxygens (including phenoxy) is 4. The number of carbonyl (C=O) groups is 4. The van der Waals surface area contributed by atoms with Crippen LogP contribution in [-0.4, -0.2) is 96.7 Å². The molecule has 0 rings (SSSR count). The summed E-state index contributed by atoms with van der Waals surface area (Å²) in [5, 5.41) is 10.7. The molecule has 0 aromatic heterocycles. The molecule has 0 bridgehead atoms. The summed E-state index contributed by atoms with van der Waals surface area (Å²) < 4.78 is 68.6. The van der Waals surface area contributed by atoms with Gasteiger partial charge >= 0.3 is 39.5 Å². The van der Waals surface area contributed by atoms with Crippen molar-refractivity contribution in [1.29, 1.82) is 0 Å². The highest BCUT2D eigenvalue weighted by Gasteiger charge is 2.30. The van der Waals surface area contributed by atoms with E-state index in [1.807, 2.05) is 18.2 Å². The molecule has 0 amide bonds. The average molecular weight is 1550 g/mol. The number of aliphatic hydroxyl groups is 1. The molecule has 3 N–H and O–H groups in total. The molecule has 0 spiro atoms. The van der Waals surface area contributed by atoms with Crippen LogP contribution < -0.4 is 0 Å². The molecule has 19 heteroatoms. The van der Waals surface area contributed by atoms with Crippen LogP contribution in [0.4, 0.5) is 0 Å². The van der Waals surface area contributed by atoms with E-state index in [2.05, 4.69) is 180 Å². The van der Waals surface area contributed by atoms with Crippen LogP contribution in [0.15, 0.2) is 170 Å². The first-order valence-corrected chi connectivity index (χ1v) is 44.4. The van der Waals surface area contributed by atoms with E-state index in [0.717, 1.165) is 186 Å². The summed E-state index contributed by atoms with van der Waals surface area (Å²) in [7, 11) is -10.0. The van der Waals surface area contributed by atoms with Crippen molar-refractivity contribution in [1.82, 2.24) is 0 Å². The first-order chi connectivity index (χ1) is 52.7. The lowest BCUT2D eigenvalue weighted by Crippen LogP contribution is -2.30. The van der Waals surface area contributed by atoms with Crippen molar-refractivity contribution >= 4 is 39.5 Å². The van der Waals surface area contributed by atoms with Crippen molar-refractivity contribution in [2.24, 2.45) is 0 Å². The number of hydrogen-bond donors (Lipinski definition) is 3. The minimum absolute atomic E-state index is 0.0270. The summed E-state index contributed by atoms with van der Waals surface area (Å²) in [6, 6.07) is 0. The maximum absolute atomic E-state index is 13.1. The fourth-order valence-electron chi connectivity index (χ4n) is 10.4. The monoisotopic (exact) mass is 1550 g/mol. The van der Waals surface area contributed by atoms with Gasteiger partial charge < -0.3 is 33.8 Å². The maximum atomic E-state index is 13.1. The van der Waals surface area contributed by atoms with E-state index in [1.54, 1.807) is 0 Å². The second kappa shape index (κ2) is 79.5. The van der Waals surface area contributed by atoms with Gasteiger partial charge in [-0.3, -0.25) is 37.3 Å². The fourth-order valence-corrected chi connectivity index (χ4v) is 12.0. The molecule has 0 aromatic rings. The van der Waals surface area contributed by atoms with Gasteiger partial charge in [0, 0.05) is 25.7 Å². The van der Waals surface area contributed by atoms with E-state index >= 15 is 0 Å². The average Bonchev–Trinajstić information content (AvgIpc) is 0.896. The zero-order valence-electron chi connectivity index (χ0n) is 67.2. The van der Waals surface area contributed by atoms with Crippen LogP contribution in [0, 0.1) is 0 Å². The van der Waals surface area contributed by atoms with Crippen LogP contribution in [-0.2, 0) is 65.4 Å². The number of aliphatic hydroxyl groups excluding tert-OH is 1. The van der Waals surface area contributed by atoms with Crippen molar-refractivity contribution in [3.05, 3.63) is 170 Å². The van der Waals surface area contributed by atoms with Crippen molar-refractivity contribution in [3.63, 3.8) is 0 Å². The Morgan fingerprint density at radius 3 is 0.796 bits per heavy atom. The third kappa shape index (κ3) is 78.5. The highest BCUT2D eigenvalue weighted by Crippen LogP contribution is 2.45. The second-order valence-electron chi connectivity index (χ2n) is 26.9. The quantitative estimate of drug-likeness (QED) is 0.0169. The molecule has 614 valence electrons. The molecule has 0 aliphatic rings. The Morgan fingerprint density at radius 1 is 0.269 bits per heavy atom. The summed E-state index contributed by atoms with van der Waals surface area (Å²) in [6.07, 6.45) is 94.7. The fraction of sp³-hybridized carbons (Fsp3) is 0.640. The Morgan fingerprint density at radius 2 is 0.500 bits per heavy atom.